The molecule has 0 saturated heterocycles. The third-order valence-electron chi connectivity index (χ3n) is 2.25. The van der Waals surface area contributed by atoms with E-state index >= 15 is 0 Å². The Labute approximate surface area is 104 Å². The molecule has 0 unspecified atom stereocenters. The van der Waals surface area contributed by atoms with Gasteiger partial charge in [0.1, 0.15) is 11.6 Å². The predicted octanol–water partition coefficient (Wildman–Crippen LogP) is 2.58. The Morgan fingerprint density at radius 2 is 2.00 bits per heavy atom. The van der Waals surface area contributed by atoms with Crippen molar-refractivity contribution in [1.29, 1.82) is 0 Å². The molecule has 0 fully saturated rings. The number of rotatable bonds is 3. The summed E-state index contributed by atoms with van der Waals surface area (Å²) in [4.78, 5) is 19.1. The molecule has 0 radical (unpaired) electrons. The maximum Gasteiger partial charge on any atom is 0.335 e. The van der Waals surface area contributed by atoms with Crippen molar-refractivity contribution in [1.82, 2.24) is 9.97 Å². The monoisotopic (exact) mass is 244 g/mol. The highest BCUT2D eigenvalue weighted by Gasteiger charge is 2.06. The van der Waals surface area contributed by atoms with E-state index in [4.69, 9.17) is 9.84 Å². The minimum absolute atomic E-state index is 0.176. The zero-order valence-corrected chi connectivity index (χ0v) is 10.0. The number of aryl methyl sites for hydroxylation is 2. The Morgan fingerprint density at radius 3 is 2.67 bits per heavy atom. The minimum atomic E-state index is -0.990. The summed E-state index contributed by atoms with van der Waals surface area (Å²) >= 11 is 0. The van der Waals surface area contributed by atoms with Gasteiger partial charge >= 0.3 is 5.97 Å². The molecule has 2 aromatic rings. The fourth-order valence-corrected chi connectivity index (χ4v) is 1.55. The summed E-state index contributed by atoms with van der Waals surface area (Å²) in [6.07, 6.45) is 0. The summed E-state index contributed by atoms with van der Waals surface area (Å²) in [5.41, 5.74) is 0.974. The summed E-state index contributed by atoms with van der Waals surface area (Å²) in [6.45, 7) is 3.61. The summed E-state index contributed by atoms with van der Waals surface area (Å²) in [5, 5.41) is 8.88. The lowest BCUT2D eigenvalue weighted by Gasteiger charge is -2.06. The van der Waals surface area contributed by atoms with Gasteiger partial charge in [0.25, 0.3) is 0 Å². The molecule has 5 heteroatoms. The van der Waals surface area contributed by atoms with E-state index < -0.39 is 5.97 Å². The quantitative estimate of drug-likeness (QED) is 0.898. The molecular formula is C13H12N2O3. The molecule has 0 aliphatic rings. The second-order valence-electron chi connectivity index (χ2n) is 3.83. The average molecular weight is 244 g/mol. The highest BCUT2D eigenvalue weighted by atomic mass is 16.5. The van der Waals surface area contributed by atoms with E-state index in [1.807, 2.05) is 6.92 Å². The predicted molar refractivity (Wildman–Crippen MR) is 65.0 cm³/mol. The van der Waals surface area contributed by atoms with Crippen LogP contribution in [0.4, 0.5) is 0 Å². The molecule has 0 spiro atoms. The third kappa shape index (κ3) is 2.82. The van der Waals surface area contributed by atoms with Crippen LogP contribution in [0.25, 0.3) is 0 Å². The molecule has 0 aliphatic carbocycles. The van der Waals surface area contributed by atoms with E-state index in [0.717, 1.165) is 5.69 Å². The van der Waals surface area contributed by atoms with Crippen molar-refractivity contribution in [2.45, 2.75) is 13.8 Å². The molecule has 1 N–H and O–H groups in total. The van der Waals surface area contributed by atoms with Gasteiger partial charge in [0.15, 0.2) is 0 Å². The molecule has 18 heavy (non-hydrogen) atoms. The SMILES string of the molecule is Cc1cc(Oc2cccc(C(=O)O)c2)nc(C)n1. The van der Waals surface area contributed by atoms with Gasteiger partial charge in [0.2, 0.25) is 5.88 Å². The number of benzene rings is 1. The molecule has 0 atom stereocenters. The second-order valence-corrected chi connectivity index (χ2v) is 3.83. The van der Waals surface area contributed by atoms with E-state index in [1.54, 1.807) is 25.1 Å². The van der Waals surface area contributed by atoms with E-state index in [2.05, 4.69) is 9.97 Å². The number of carboxylic acid groups (broad SMARTS) is 1. The molecule has 5 nitrogen and oxygen atoms in total. The maximum atomic E-state index is 10.8. The van der Waals surface area contributed by atoms with Crippen LogP contribution in [0.3, 0.4) is 0 Å². The average Bonchev–Trinajstić information content (AvgIpc) is 2.27. The van der Waals surface area contributed by atoms with Gasteiger partial charge in [-0.05, 0) is 32.0 Å². The number of hydrogen-bond acceptors (Lipinski definition) is 4. The largest absolute Gasteiger partial charge is 0.478 e. The van der Waals surface area contributed by atoms with E-state index in [9.17, 15) is 4.79 Å². The van der Waals surface area contributed by atoms with Gasteiger partial charge in [-0.1, -0.05) is 6.07 Å². The van der Waals surface area contributed by atoms with Gasteiger partial charge in [-0.25, -0.2) is 9.78 Å². The molecule has 1 heterocycles. The summed E-state index contributed by atoms with van der Waals surface area (Å²) in [5.74, 6) is 0.463. The number of carbonyl (C=O) groups is 1. The minimum Gasteiger partial charge on any atom is -0.478 e. The van der Waals surface area contributed by atoms with Crippen molar-refractivity contribution in [3.8, 4) is 11.6 Å². The van der Waals surface area contributed by atoms with Crippen LogP contribution in [-0.2, 0) is 0 Å². The number of hydrogen-bond donors (Lipinski definition) is 1. The first kappa shape index (κ1) is 12.0. The number of carboxylic acids is 1. The highest BCUT2D eigenvalue weighted by Crippen LogP contribution is 2.21. The van der Waals surface area contributed by atoms with Gasteiger partial charge in [-0.2, -0.15) is 4.98 Å². The Morgan fingerprint density at radius 1 is 1.22 bits per heavy atom. The Balaban J connectivity index is 2.28. The van der Waals surface area contributed by atoms with Crippen molar-refractivity contribution in [2.75, 3.05) is 0 Å². The zero-order valence-electron chi connectivity index (χ0n) is 10.0. The second kappa shape index (κ2) is 4.83. The molecule has 0 amide bonds. The number of nitrogens with zero attached hydrogens (tertiary/aromatic N) is 2. The number of aromatic carboxylic acids is 1. The van der Waals surface area contributed by atoms with Crippen LogP contribution in [0.2, 0.25) is 0 Å². The van der Waals surface area contributed by atoms with Crippen LogP contribution in [0.1, 0.15) is 21.9 Å². The normalized spacial score (nSPS) is 10.1. The third-order valence-corrected chi connectivity index (χ3v) is 2.25. The van der Waals surface area contributed by atoms with Crippen LogP contribution in [0, 0.1) is 13.8 Å². The van der Waals surface area contributed by atoms with Crippen molar-refractivity contribution in [3.63, 3.8) is 0 Å². The highest BCUT2D eigenvalue weighted by molar-refractivity contribution is 5.88. The van der Waals surface area contributed by atoms with Gasteiger partial charge in [-0.15, -0.1) is 0 Å². The van der Waals surface area contributed by atoms with Crippen LogP contribution in [-0.4, -0.2) is 21.0 Å². The van der Waals surface area contributed by atoms with Gasteiger partial charge < -0.3 is 9.84 Å². The first-order chi connectivity index (χ1) is 8.54. The van der Waals surface area contributed by atoms with Gasteiger partial charge in [0, 0.05) is 11.8 Å². The van der Waals surface area contributed by atoms with E-state index in [1.165, 1.54) is 12.1 Å². The Hall–Kier alpha value is -2.43. The van der Waals surface area contributed by atoms with Gasteiger partial charge in [0.05, 0.1) is 5.56 Å². The number of ether oxygens (including phenoxy) is 1. The van der Waals surface area contributed by atoms with Crippen molar-refractivity contribution in [3.05, 3.63) is 47.4 Å². The smallest absolute Gasteiger partial charge is 0.335 e. The first-order valence-electron chi connectivity index (χ1n) is 5.38. The van der Waals surface area contributed by atoms with Crippen molar-refractivity contribution >= 4 is 5.97 Å². The van der Waals surface area contributed by atoms with Crippen LogP contribution >= 0.6 is 0 Å². The summed E-state index contributed by atoms with van der Waals surface area (Å²) < 4.78 is 5.52. The summed E-state index contributed by atoms with van der Waals surface area (Å²) in [6, 6.07) is 7.96. The van der Waals surface area contributed by atoms with Gasteiger partial charge in [-0.3, -0.25) is 0 Å². The summed E-state index contributed by atoms with van der Waals surface area (Å²) in [7, 11) is 0. The van der Waals surface area contributed by atoms with Crippen molar-refractivity contribution < 1.29 is 14.6 Å². The molecule has 92 valence electrons. The van der Waals surface area contributed by atoms with Crippen LogP contribution in [0.15, 0.2) is 30.3 Å². The Kier molecular flexibility index (Phi) is 3.23. The fourth-order valence-electron chi connectivity index (χ4n) is 1.55. The first-order valence-corrected chi connectivity index (χ1v) is 5.38. The van der Waals surface area contributed by atoms with Crippen molar-refractivity contribution in [2.24, 2.45) is 0 Å². The lowest BCUT2D eigenvalue weighted by molar-refractivity contribution is 0.0696. The van der Waals surface area contributed by atoms with Crippen LogP contribution < -0.4 is 4.74 Å². The maximum absolute atomic E-state index is 10.8. The van der Waals surface area contributed by atoms with E-state index in [0.29, 0.717) is 17.5 Å². The molecule has 0 bridgehead atoms. The zero-order chi connectivity index (χ0) is 13.1. The van der Waals surface area contributed by atoms with E-state index in [-0.39, 0.29) is 5.56 Å². The Bertz CT molecular complexity index is 576. The molecule has 1 aromatic heterocycles. The molecule has 0 aliphatic heterocycles. The molecule has 0 saturated carbocycles. The molecule has 2 rings (SSSR count). The molecule has 1 aromatic carbocycles. The topological polar surface area (TPSA) is 72.3 Å². The lowest BCUT2D eigenvalue weighted by Crippen LogP contribution is -1.98. The lowest BCUT2D eigenvalue weighted by atomic mass is 10.2. The van der Waals surface area contributed by atoms with Crippen LogP contribution in [0.5, 0.6) is 11.6 Å². The standard InChI is InChI=1S/C13H12N2O3/c1-8-6-12(15-9(2)14-8)18-11-5-3-4-10(7-11)13(16)17/h3-7H,1-2H3,(H,16,17). The molecular weight excluding hydrogens is 232 g/mol. The fraction of sp³-hybridized carbons (Fsp3) is 0.154. The number of aromatic nitrogens is 2.